The minimum Gasteiger partial charge on any atom is -0.372 e. The van der Waals surface area contributed by atoms with Gasteiger partial charge in [0.1, 0.15) is 0 Å². The Morgan fingerprint density at radius 1 is 1.05 bits per heavy atom. The van der Waals surface area contributed by atoms with Crippen molar-refractivity contribution in [3.05, 3.63) is 35.7 Å². The van der Waals surface area contributed by atoms with Gasteiger partial charge in [-0.05, 0) is 50.5 Å². The second-order valence-corrected chi connectivity index (χ2v) is 5.30. The van der Waals surface area contributed by atoms with Crippen LogP contribution in [0.3, 0.4) is 0 Å². The topological polar surface area (TPSA) is 60.0 Å². The molecule has 2 aromatic rings. The Balaban J connectivity index is 1.83. The van der Waals surface area contributed by atoms with Crippen molar-refractivity contribution in [1.82, 2.24) is 15.0 Å². The zero-order chi connectivity index (χ0) is 13.9. The van der Waals surface area contributed by atoms with E-state index in [2.05, 4.69) is 39.5 Å². The normalized spacial score (nSPS) is 15.6. The summed E-state index contributed by atoms with van der Waals surface area (Å²) in [6, 6.07) is 8.55. The van der Waals surface area contributed by atoms with Crippen molar-refractivity contribution in [2.45, 2.75) is 32.7 Å². The maximum Gasteiger partial charge on any atom is 0.0996 e. The van der Waals surface area contributed by atoms with Crippen molar-refractivity contribution in [3.8, 4) is 5.69 Å². The first-order valence-electron chi connectivity index (χ1n) is 7.26. The van der Waals surface area contributed by atoms with Crippen LogP contribution < -0.4 is 10.6 Å². The van der Waals surface area contributed by atoms with Gasteiger partial charge in [-0.2, -0.15) is 0 Å². The predicted molar refractivity (Wildman–Crippen MR) is 80.1 cm³/mol. The summed E-state index contributed by atoms with van der Waals surface area (Å²) in [5.74, 6) is 0. The van der Waals surface area contributed by atoms with E-state index in [9.17, 15) is 0 Å². The molecule has 20 heavy (non-hydrogen) atoms. The Hall–Kier alpha value is -1.88. The molecule has 1 aliphatic heterocycles. The number of piperidine rings is 1. The van der Waals surface area contributed by atoms with Crippen LogP contribution in [-0.2, 0) is 6.54 Å². The van der Waals surface area contributed by atoms with Gasteiger partial charge >= 0.3 is 0 Å². The molecule has 0 saturated carbocycles. The van der Waals surface area contributed by atoms with E-state index in [0.29, 0.717) is 6.54 Å². The second kappa shape index (κ2) is 5.63. The summed E-state index contributed by atoms with van der Waals surface area (Å²) in [5, 5.41) is 8.27. The van der Waals surface area contributed by atoms with Crippen molar-refractivity contribution in [1.29, 1.82) is 0 Å². The molecular weight excluding hydrogens is 250 g/mol. The summed E-state index contributed by atoms with van der Waals surface area (Å²) >= 11 is 0. The van der Waals surface area contributed by atoms with E-state index in [-0.39, 0.29) is 0 Å². The Kier molecular flexibility index (Phi) is 3.69. The van der Waals surface area contributed by atoms with Crippen LogP contribution in [0.1, 0.15) is 30.7 Å². The minimum absolute atomic E-state index is 0.428. The summed E-state index contributed by atoms with van der Waals surface area (Å²) in [4.78, 5) is 2.45. The molecule has 5 nitrogen and oxygen atoms in total. The molecule has 1 aromatic heterocycles. The average molecular weight is 271 g/mol. The van der Waals surface area contributed by atoms with Gasteiger partial charge < -0.3 is 10.6 Å². The van der Waals surface area contributed by atoms with Gasteiger partial charge in [-0.15, -0.1) is 5.10 Å². The van der Waals surface area contributed by atoms with Gasteiger partial charge in [0.25, 0.3) is 0 Å². The summed E-state index contributed by atoms with van der Waals surface area (Å²) in [6.45, 7) is 4.76. The lowest BCUT2D eigenvalue weighted by atomic mass is 10.1. The van der Waals surface area contributed by atoms with E-state index in [4.69, 9.17) is 5.73 Å². The molecule has 2 heterocycles. The molecule has 1 saturated heterocycles. The zero-order valence-electron chi connectivity index (χ0n) is 11.9. The lowest BCUT2D eigenvalue weighted by Gasteiger charge is -2.28. The van der Waals surface area contributed by atoms with Gasteiger partial charge in [0.05, 0.1) is 17.1 Å². The predicted octanol–water partition coefficient (Wildman–Crippen LogP) is 2.02. The molecule has 0 aliphatic carbocycles. The summed E-state index contributed by atoms with van der Waals surface area (Å²) < 4.78 is 1.85. The molecule has 1 aliphatic rings. The molecule has 0 unspecified atom stereocenters. The first kappa shape index (κ1) is 13.1. The number of nitrogens with zero attached hydrogens (tertiary/aromatic N) is 4. The quantitative estimate of drug-likeness (QED) is 0.928. The van der Waals surface area contributed by atoms with E-state index in [1.807, 2.05) is 11.6 Å². The number of rotatable bonds is 3. The molecule has 5 heteroatoms. The summed E-state index contributed by atoms with van der Waals surface area (Å²) in [6.07, 6.45) is 3.95. The van der Waals surface area contributed by atoms with Crippen molar-refractivity contribution in [3.63, 3.8) is 0 Å². The van der Waals surface area contributed by atoms with Gasteiger partial charge in [0.15, 0.2) is 0 Å². The van der Waals surface area contributed by atoms with Crippen LogP contribution in [0.4, 0.5) is 5.69 Å². The number of benzene rings is 1. The van der Waals surface area contributed by atoms with Gasteiger partial charge in [-0.1, -0.05) is 5.21 Å². The third-order valence-corrected chi connectivity index (χ3v) is 4.00. The fraction of sp³-hybridized carbons (Fsp3) is 0.467. The molecule has 0 atom stereocenters. The van der Waals surface area contributed by atoms with Gasteiger partial charge in [0.2, 0.25) is 0 Å². The first-order valence-corrected chi connectivity index (χ1v) is 7.26. The van der Waals surface area contributed by atoms with Crippen molar-refractivity contribution in [2.24, 2.45) is 5.73 Å². The number of aromatic nitrogens is 3. The van der Waals surface area contributed by atoms with Crippen molar-refractivity contribution in [2.75, 3.05) is 18.0 Å². The van der Waals surface area contributed by atoms with Crippen LogP contribution in [0.25, 0.3) is 5.69 Å². The molecule has 0 spiro atoms. The third kappa shape index (κ3) is 2.41. The first-order chi connectivity index (χ1) is 9.79. The van der Waals surface area contributed by atoms with Gasteiger partial charge in [0, 0.05) is 25.3 Å². The SMILES string of the molecule is Cc1c(CN)nnn1-c1ccc(N2CCCCC2)cc1. The second-order valence-electron chi connectivity index (χ2n) is 5.30. The van der Waals surface area contributed by atoms with Crippen LogP contribution in [0.15, 0.2) is 24.3 Å². The highest BCUT2D eigenvalue weighted by molar-refractivity contribution is 5.51. The van der Waals surface area contributed by atoms with Gasteiger partial charge in [-0.3, -0.25) is 0 Å². The average Bonchev–Trinajstić information content (AvgIpc) is 2.89. The highest BCUT2D eigenvalue weighted by Crippen LogP contribution is 2.21. The molecular formula is C15H21N5. The maximum absolute atomic E-state index is 5.64. The van der Waals surface area contributed by atoms with E-state index >= 15 is 0 Å². The molecule has 3 rings (SSSR count). The lowest BCUT2D eigenvalue weighted by Crippen LogP contribution is -2.29. The highest BCUT2D eigenvalue weighted by atomic mass is 15.4. The van der Waals surface area contributed by atoms with E-state index in [0.717, 1.165) is 17.1 Å². The smallest absolute Gasteiger partial charge is 0.0996 e. The van der Waals surface area contributed by atoms with Gasteiger partial charge in [-0.25, -0.2) is 4.68 Å². The number of hydrogen-bond acceptors (Lipinski definition) is 4. The van der Waals surface area contributed by atoms with Crippen molar-refractivity contribution >= 4 is 5.69 Å². The highest BCUT2D eigenvalue weighted by Gasteiger charge is 2.12. The van der Waals surface area contributed by atoms with Crippen LogP contribution in [0.5, 0.6) is 0 Å². The molecule has 0 bridgehead atoms. The molecule has 106 valence electrons. The largest absolute Gasteiger partial charge is 0.372 e. The number of hydrogen-bond donors (Lipinski definition) is 1. The van der Waals surface area contributed by atoms with E-state index < -0.39 is 0 Å². The third-order valence-electron chi connectivity index (χ3n) is 4.00. The van der Waals surface area contributed by atoms with Crippen molar-refractivity contribution < 1.29 is 0 Å². The Bertz CT molecular complexity index is 566. The lowest BCUT2D eigenvalue weighted by molar-refractivity contribution is 0.578. The fourth-order valence-corrected chi connectivity index (χ4v) is 2.75. The molecule has 0 radical (unpaired) electrons. The van der Waals surface area contributed by atoms with E-state index in [1.54, 1.807) is 0 Å². The number of anilines is 1. The Morgan fingerprint density at radius 2 is 1.70 bits per heavy atom. The van der Waals surface area contributed by atoms with E-state index in [1.165, 1.54) is 38.0 Å². The standard InChI is InChI=1S/C15H21N5/c1-12-15(11-16)17-18-20(12)14-7-5-13(6-8-14)19-9-3-2-4-10-19/h5-8H,2-4,9-11,16H2,1H3. The Labute approximate surface area is 119 Å². The van der Waals surface area contributed by atoms with Crippen LogP contribution in [-0.4, -0.2) is 28.1 Å². The maximum atomic E-state index is 5.64. The number of nitrogens with two attached hydrogens (primary N) is 1. The van der Waals surface area contributed by atoms with Crippen LogP contribution in [0, 0.1) is 6.92 Å². The molecule has 2 N–H and O–H groups in total. The van der Waals surface area contributed by atoms with Crippen LogP contribution >= 0.6 is 0 Å². The Morgan fingerprint density at radius 3 is 2.30 bits per heavy atom. The zero-order valence-corrected chi connectivity index (χ0v) is 11.9. The summed E-state index contributed by atoms with van der Waals surface area (Å²) in [5.41, 5.74) is 9.84. The monoisotopic (exact) mass is 271 g/mol. The summed E-state index contributed by atoms with van der Waals surface area (Å²) in [7, 11) is 0. The fourth-order valence-electron chi connectivity index (χ4n) is 2.75. The molecule has 1 fully saturated rings. The van der Waals surface area contributed by atoms with Crippen LogP contribution in [0.2, 0.25) is 0 Å². The minimum atomic E-state index is 0.428. The molecule has 1 aromatic carbocycles. The molecule has 0 amide bonds.